The fourth-order valence-corrected chi connectivity index (χ4v) is 2.27. The van der Waals surface area contributed by atoms with Gasteiger partial charge in [0.05, 0.1) is 13.5 Å². The molecule has 0 aromatic rings. The third-order valence-electron chi connectivity index (χ3n) is 3.48. The van der Waals surface area contributed by atoms with Crippen molar-refractivity contribution >= 4 is 24.3 Å². The number of piperazine rings is 1. The average Bonchev–Trinajstić information content (AvgIpc) is 2.37. The number of halogens is 1. The first-order chi connectivity index (χ1) is 8.93. The predicted molar refractivity (Wildman–Crippen MR) is 79.8 cm³/mol. The Morgan fingerprint density at radius 3 is 2.15 bits per heavy atom. The van der Waals surface area contributed by atoms with E-state index in [-0.39, 0.29) is 36.4 Å². The van der Waals surface area contributed by atoms with E-state index in [1.807, 2.05) is 18.7 Å². The van der Waals surface area contributed by atoms with Crippen LogP contribution in [0.5, 0.6) is 0 Å². The van der Waals surface area contributed by atoms with Crippen LogP contribution in [-0.4, -0.2) is 67.0 Å². The van der Waals surface area contributed by atoms with Crippen molar-refractivity contribution in [1.29, 1.82) is 0 Å². The number of nitrogens with zero attached hydrogens (tertiary/aromatic N) is 2. The van der Waals surface area contributed by atoms with E-state index < -0.39 is 0 Å². The molecule has 0 aromatic carbocycles. The Balaban J connectivity index is 0.00000361. The summed E-state index contributed by atoms with van der Waals surface area (Å²) >= 11 is 0. The molecule has 2 N–H and O–H groups in total. The molecule has 0 radical (unpaired) electrons. The highest BCUT2D eigenvalue weighted by atomic mass is 35.5. The van der Waals surface area contributed by atoms with E-state index >= 15 is 0 Å². The minimum atomic E-state index is -0.192. The first-order valence-corrected chi connectivity index (χ1v) is 6.78. The standard InChI is InChI=1S/C13H25N3O3.ClH/c1-10(14)8-12(17)16-6-4-15(5-7-16)11(2)9-13(18)19-3;/h10-11H,4-9,14H2,1-3H3;1H. The molecule has 1 aliphatic heterocycles. The highest BCUT2D eigenvalue weighted by Crippen LogP contribution is 2.11. The lowest BCUT2D eigenvalue weighted by Gasteiger charge is -2.38. The molecular formula is C13H26ClN3O3. The van der Waals surface area contributed by atoms with Gasteiger partial charge in [-0.15, -0.1) is 12.4 Å². The van der Waals surface area contributed by atoms with Gasteiger partial charge < -0.3 is 15.4 Å². The molecule has 6 nitrogen and oxygen atoms in total. The quantitative estimate of drug-likeness (QED) is 0.737. The van der Waals surface area contributed by atoms with Gasteiger partial charge in [-0.1, -0.05) is 0 Å². The van der Waals surface area contributed by atoms with Crippen molar-refractivity contribution in [2.45, 2.75) is 38.8 Å². The molecule has 0 saturated carbocycles. The van der Waals surface area contributed by atoms with E-state index in [1.54, 1.807) is 0 Å². The number of rotatable bonds is 5. The van der Waals surface area contributed by atoms with Crippen LogP contribution in [-0.2, 0) is 14.3 Å². The molecule has 1 fully saturated rings. The van der Waals surface area contributed by atoms with Crippen molar-refractivity contribution in [3.8, 4) is 0 Å². The van der Waals surface area contributed by atoms with E-state index in [0.29, 0.717) is 25.9 Å². The maximum absolute atomic E-state index is 11.9. The van der Waals surface area contributed by atoms with Crippen molar-refractivity contribution in [2.75, 3.05) is 33.3 Å². The maximum Gasteiger partial charge on any atom is 0.307 e. The third-order valence-corrected chi connectivity index (χ3v) is 3.48. The second-order valence-electron chi connectivity index (χ2n) is 5.23. The molecule has 0 aromatic heterocycles. The van der Waals surface area contributed by atoms with Gasteiger partial charge in [0.15, 0.2) is 0 Å². The Bertz CT molecular complexity index is 318. The summed E-state index contributed by atoms with van der Waals surface area (Å²) in [7, 11) is 1.40. The Hall–Kier alpha value is -0.850. The second kappa shape index (κ2) is 9.15. The van der Waals surface area contributed by atoms with E-state index in [9.17, 15) is 9.59 Å². The van der Waals surface area contributed by atoms with Crippen LogP contribution in [0.15, 0.2) is 0 Å². The largest absolute Gasteiger partial charge is 0.469 e. The average molecular weight is 308 g/mol. The van der Waals surface area contributed by atoms with Crippen molar-refractivity contribution in [1.82, 2.24) is 9.80 Å². The van der Waals surface area contributed by atoms with Gasteiger partial charge in [0.2, 0.25) is 5.91 Å². The summed E-state index contributed by atoms with van der Waals surface area (Å²) in [5.41, 5.74) is 5.64. The number of nitrogens with two attached hydrogens (primary N) is 1. The zero-order valence-electron chi connectivity index (χ0n) is 12.5. The maximum atomic E-state index is 11.9. The smallest absolute Gasteiger partial charge is 0.307 e. The molecule has 0 bridgehead atoms. The number of carbonyl (C=O) groups excluding carboxylic acids is 2. The van der Waals surface area contributed by atoms with E-state index in [2.05, 4.69) is 9.64 Å². The third kappa shape index (κ3) is 6.07. The number of esters is 1. The van der Waals surface area contributed by atoms with Gasteiger partial charge in [0, 0.05) is 44.7 Å². The number of methoxy groups -OCH3 is 1. The summed E-state index contributed by atoms with van der Waals surface area (Å²) in [6.07, 6.45) is 0.794. The van der Waals surface area contributed by atoms with Crippen LogP contribution in [0.25, 0.3) is 0 Å². The molecule has 1 aliphatic rings. The molecule has 118 valence electrons. The monoisotopic (exact) mass is 307 g/mol. The minimum Gasteiger partial charge on any atom is -0.469 e. The molecule has 1 heterocycles. The first-order valence-electron chi connectivity index (χ1n) is 6.78. The van der Waals surface area contributed by atoms with Crippen LogP contribution in [0, 0.1) is 0 Å². The van der Waals surface area contributed by atoms with Gasteiger partial charge in [0.25, 0.3) is 0 Å². The van der Waals surface area contributed by atoms with Crippen LogP contribution in [0.2, 0.25) is 0 Å². The van der Waals surface area contributed by atoms with Crippen molar-refractivity contribution in [2.24, 2.45) is 5.73 Å². The van der Waals surface area contributed by atoms with Crippen molar-refractivity contribution < 1.29 is 14.3 Å². The highest BCUT2D eigenvalue weighted by molar-refractivity contribution is 5.85. The van der Waals surface area contributed by atoms with Gasteiger partial charge in [-0.25, -0.2) is 0 Å². The minimum absolute atomic E-state index is 0. The molecule has 0 spiro atoms. The normalized spacial score (nSPS) is 18.9. The predicted octanol–water partition coefficient (Wildman–Crippen LogP) is 0.241. The summed E-state index contributed by atoms with van der Waals surface area (Å²) in [5.74, 6) is -0.0711. The Kier molecular flexibility index (Phi) is 8.76. The molecular weight excluding hydrogens is 282 g/mol. The SMILES string of the molecule is COC(=O)CC(C)N1CCN(C(=O)CC(C)N)CC1.Cl. The summed E-state index contributed by atoms with van der Waals surface area (Å²) in [6.45, 7) is 6.85. The number of amides is 1. The molecule has 2 atom stereocenters. The van der Waals surface area contributed by atoms with Crippen LogP contribution in [0.4, 0.5) is 0 Å². The fraction of sp³-hybridized carbons (Fsp3) is 0.846. The van der Waals surface area contributed by atoms with Crippen LogP contribution >= 0.6 is 12.4 Å². The fourth-order valence-electron chi connectivity index (χ4n) is 2.27. The van der Waals surface area contributed by atoms with Crippen LogP contribution in [0.1, 0.15) is 26.7 Å². The summed E-state index contributed by atoms with van der Waals surface area (Å²) in [5, 5.41) is 0. The van der Waals surface area contributed by atoms with Gasteiger partial charge in [-0.05, 0) is 13.8 Å². The number of hydrogen-bond acceptors (Lipinski definition) is 5. The van der Waals surface area contributed by atoms with E-state index in [4.69, 9.17) is 5.73 Å². The first kappa shape index (κ1) is 19.1. The van der Waals surface area contributed by atoms with Crippen molar-refractivity contribution in [3.05, 3.63) is 0 Å². The Morgan fingerprint density at radius 1 is 1.15 bits per heavy atom. The zero-order valence-corrected chi connectivity index (χ0v) is 13.3. The van der Waals surface area contributed by atoms with Gasteiger partial charge >= 0.3 is 5.97 Å². The van der Waals surface area contributed by atoms with Crippen LogP contribution < -0.4 is 5.73 Å². The molecule has 1 amide bonds. The van der Waals surface area contributed by atoms with Gasteiger partial charge in [-0.3, -0.25) is 14.5 Å². The second-order valence-corrected chi connectivity index (χ2v) is 5.23. The van der Waals surface area contributed by atoms with Crippen LogP contribution in [0.3, 0.4) is 0 Å². The highest BCUT2D eigenvalue weighted by Gasteiger charge is 2.25. The van der Waals surface area contributed by atoms with Crippen molar-refractivity contribution in [3.63, 3.8) is 0 Å². The molecule has 20 heavy (non-hydrogen) atoms. The van der Waals surface area contributed by atoms with Gasteiger partial charge in [-0.2, -0.15) is 0 Å². The van der Waals surface area contributed by atoms with E-state index in [1.165, 1.54) is 7.11 Å². The summed E-state index contributed by atoms with van der Waals surface area (Å²) < 4.78 is 4.67. The molecule has 0 aliphatic carbocycles. The molecule has 1 saturated heterocycles. The summed E-state index contributed by atoms with van der Waals surface area (Å²) in [6, 6.07) is 0.0573. The number of hydrogen-bond donors (Lipinski definition) is 1. The lowest BCUT2D eigenvalue weighted by Crippen LogP contribution is -2.52. The van der Waals surface area contributed by atoms with E-state index in [0.717, 1.165) is 13.1 Å². The molecule has 2 unspecified atom stereocenters. The lowest BCUT2D eigenvalue weighted by atomic mass is 10.1. The zero-order chi connectivity index (χ0) is 14.4. The van der Waals surface area contributed by atoms with Gasteiger partial charge in [0.1, 0.15) is 0 Å². The summed E-state index contributed by atoms with van der Waals surface area (Å²) in [4.78, 5) is 27.2. The number of carbonyl (C=O) groups is 2. The Labute approximate surface area is 127 Å². The number of ether oxygens (including phenoxy) is 1. The topological polar surface area (TPSA) is 75.9 Å². The Morgan fingerprint density at radius 2 is 1.70 bits per heavy atom. The molecule has 1 rings (SSSR count). The lowest BCUT2D eigenvalue weighted by molar-refractivity contribution is -0.142. The molecule has 7 heteroatoms.